The zero-order valence-electron chi connectivity index (χ0n) is 14.8. The number of nitrogens with one attached hydrogen (secondary N) is 1. The molecule has 2 unspecified atom stereocenters. The summed E-state index contributed by atoms with van der Waals surface area (Å²) in [4.78, 5) is 11.4. The highest BCUT2D eigenvalue weighted by Crippen LogP contribution is 2.27. The first-order valence-corrected chi connectivity index (χ1v) is 8.66. The summed E-state index contributed by atoms with van der Waals surface area (Å²) in [6.07, 6.45) is 8.80. The predicted octanol–water partition coefficient (Wildman–Crippen LogP) is 1.67. The molecule has 1 aliphatic rings. The molecule has 3 rings (SSSR count). The van der Waals surface area contributed by atoms with E-state index >= 15 is 0 Å². The summed E-state index contributed by atoms with van der Waals surface area (Å²) in [6, 6.07) is 2.45. The minimum absolute atomic E-state index is 0.432. The molecule has 7 nitrogen and oxygen atoms in total. The smallest absolute Gasteiger partial charge is 0.194 e. The molecule has 0 saturated carbocycles. The average Bonchev–Trinajstić information content (AvgIpc) is 3.24. The van der Waals surface area contributed by atoms with E-state index in [2.05, 4.69) is 44.9 Å². The summed E-state index contributed by atoms with van der Waals surface area (Å²) >= 11 is 0. The van der Waals surface area contributed by atoms with Crippen molar-refractivity contribution in [3.8, 4) is 0 Å². The quantitative estimate of drug-likeness (QED) is 0.684. The van der Waals surface area contributed by atoms with Crippen molar-refractivity contribution in [2.45, 2.75) is 32.9 Å². The van der Waals surface area contributed by atoms with Crippen LogP contribution in [-0.2, 0) is 13.6 Å². The van der Waals surface area contributed by atoms with Crippen LogP contribution in [0, 0.1) is 5.92 Å². The number of aliphatic imine (C=N–C) groups is 1. The molecular formula is C17H27N7. The Bertz CT molecular complexity index is 658. The number of nitrogens with zero attached hydrogens (tertiary/aromatic N) is 6. The number of imidazole rings is 1. The standard InChI is InChI=1S/C17H27N7/c1-4-19-17(20-11-15-5-7-21-22(15)3)23-9-6-14(2)16(12-23)24-10-8-18-13-24/h5,7-8,10,13-14,16H,4,6,9,11-12H2,1-3H3,(H,19,20). The lowest BCUT2D eigenvalue weighted by Gasteiger charge is -2.39. The maximum atomic E-state index is 4.83. The monoisotopic (exact) mass is 329 g/mol. The van der Waals surface area contributed by atoms with Gasteiger partial charge in [-0.05, 0) is 25.3 Å². The Morgan fingerprint density at radius 1 is 1.42 bits per heavy atom. The van der Waals surface area contributed by atoms with Crippen molar-refractivity contribution in [1.82, 2.24) is 29.5 Å². The fourth-order valence-corrected chi connectivity index (χ4v) is 3.23. The number of aryl methyl sites for hydroxylation is 1. The number of aromatic nitrogens is 4. The fourth-order valence-electron chi connectivity index (χ4n) is 3.23. The third-order valence-electron chi connectivity index (χ3n) is 4.77. The molecule has 0 amide bonds. The highest BCUT2D eigenvalue weighted by Gasteiger charge is 2.28. The molecule has 2 aromatic heterocycles. The summed E-state index contributed by atoms with van der Waals surface area (Å²) in [5, 5.41) is 7.65. The molecule has 2 aromatic rings. The second-order valence-electron chi connectivity index (χ2n) is 6.41. The lowest BCUT2D eigenvalue weighted by molar-refractivity contribution is 0.189. The number of rotatable bonds is 4. The van der Waals surface area contributed by atoms with Crippen LogP contribution in [0.5, 0.6) is 0 Å². The van der Waals surface area contributed by atoms with Gasteiger partial charge in [0.25, 0.3) is 0 Å². The van der Waals surface area contributed by atoms with E-state index in [9.17, 15) is 0 Å². The van der Waals surface area contributed by atoms with Gasteiger partial charge in [-0.3, -0.25) is 4.68 Å². The van der Waals surface area contributed by atoms with Crippen molar-refractivity contribution in [3.63, 3.8) is 0 Å². The Morgan fingerprint density at radius 2 is 2.29 bits per heavy atom. The average molecular weight is 329 g/mol. The molecule has 1 fully saturated rings. The van der Waals surface area contributed by atoms with Crippen LogP contribution >= 0.6 is 0 Å². The first-order valence-electron chi connectivity index (χ1n) is 8.66. The van der Waals surface area contributed by atoms with Gasteiger partial charge in [0, 0.05) is 45.3 Å². The molecule has 7 heteroatoms. The van der Waals surface area contributed by atoms with E-state index < -0.39 is 0 Å². The lowest BCUT2D eigenvalue weighted by atomic mass is 9.93. The van der Waals surface area contributed by atoms with Crippen molar-refractivity contribution >= 4 is 5.96 Å². The van der Waals surface area contributed by atoms with Gasteiger partial charge in [-0.2, -0.15) is 5.10 Å². The maximum absolute atomic E-state index is 4.83. The maximum Gasteiger partial charge on any atom is 0.194 e. The molecule has 3 heterocycles. The van der Waals surface area contributed by atoms with Gasteiger partial charge >= 0.3 is 0 Å². The highest BCUT2D eigenvalue weighted by molar-refractivity contribution is 5.80. The van der Waals surface area contributed by atoms with Crippen LogP contribution in [0.3, 0.4) is 0 Å². The zero-order chi connectivity index (χ0) is 16.9. The second-order valence-corrected chi connectivity index (χ2v) is 6.41. The van der Waals surface area contributed by atoms with Crippen molar-refractivity contribution in [1.29, 1.82) is 0 Å². The van der Waals surface area contributed by atoms with Crippen molar-refractivity contribution in [2.24, 2.45) is 18.0 Å². The molecule has 130 valence electrons. The number of hydrogen-bond acceptors (Lipinski definition) is 3. The van der Waals surface area contributed by atoms with Crippen LogP contribution < -0.4 is 5.32 Å². The molecule has 0 radical (unpaired) electrons. The van der Waals surface area contributed by atoms with Crippen molar-refractivity contribution < 1.29 is 0 Å². The number of hydrogen-bond donors (Lipinski definition) is 1. The van der Waals surface area contributed by atoms with E-state index in [0.29, 0.717) is 18.5 Å². The van der Waals surface area contributed by atoms with Crippen LogP contribution in [0.1, 0.15) is 32.0 Å². The summed E-state index contributed by atoms with van der Waals surface area (Å²) in [5.74, 6) is 1.62. The fraction of sp³-hybridized carbons (Fsp3) is 0.588. The molecular weight excluding hydrogens is 302 g/mol. The van der Waals surface area contributed by atoms with E-state index in [1.807, 2.05) is 36.5 Å². The molecule has 2 atom stereocenters. The summed E-state index contributed by atoms with van der Waals surface area (Å²) in [6.45, 7) is 7.92. The van der Waals surface area contributed by atoms with Gasteiger partial charge in [-0.25, -0.2) is 9.98 Å². The highest BCUT2D eigenvalue weighted by atomic mass is 15.3. The van der Waals surface area contributed by atoms with Crippen LogP contribution in [0.25, 0.3) is 0 Å². The minimum atomic E-state index is 0.432. The molecule has 0 aliphatic carbocycles. The summed E-state index contributed by atoms with van der Waals surface area (Å²) in [5.41, 5.74) is 1.11. The third kappa shape index (κ3) is 3.60. The molecule has 0 bridgehead atoms. The number of guanidine groups is 1. The van der Waals surface area contributed by atoms with Gasteiger partial charge in [0.1, 0.15) is 0 Å². The Morgan fingerprint density at radius 3 is 2.96 bits per heavy atom. The van der Waals surface area contributed by atoms with Crippen LogP contribution in [0.2, 0.25) is 0 Å². The molecule has 1 N–H and O–H groups in total. The first kappa shape index (κ1) is 16.5. The SMILES string of the molecule is CCNC(=NCc1ccnn1C)N1CCC(C)C(n2ccnc2)C1. The largest absolute Gasteiger partial charge is 0.357 e. The summed E-state index contributed by atoms with van der Waals surface area (Å²) < 4.78 is 4.10. The zero-order valence-corrected chi connectivity index (χ0v) is 14.8. The number of likely N-dealkylation sites (tertiary alicyclic amines) is 1. The van der Waals surface area contributed by atoms with Gasteiger partial charge in [0.15, 0.2) is 5.96 Å². The van der Waals surface area contributed by atoms with Gasteiger partial charge in [0.05, 0.1) is 24.6 Å². The Hall–Kier alpha value is -2.31. The van der Waals surface area contributed by atoms with Crippen LogP contribution in [0.15, 0.2) is 36.0 Å². The van der Waals surface area contributed by atoms with Crippen molar-refractivity contribution in [2.75, 3.05) is 19.6 Å². The van der Waals surface area contributed by atoms with E-state index in [1.165, 1.54) is 0 Å². The van der Waals surface area contributed by atoms with Crippen molar-refractivity contribution in [3.05, 3.63) is 36.7 Å². The Kier molecular flexibility index (Phi) is 5.17. The molecule has 24 heavy (non-hydrogen) atoms. The third-order valence-corrected chi connectivity index (χ3v) is 4.77. The summed E-state index contributed by atoms with van der Waals surface area (Å²) in [7, 11) is 1.95. The Balaban J connectivity index is 1.74. The predicted molar refractivity (Wildman–Crippen MR) is 94.6 cm³/mol. The minimum Gasteiger partial charge on any atom is -0.357 e. The van der Waals surface area contributed by atoms with Crippen LogP contribution in [-0.4, -0.2) is 49.8 Å². The van der Waals surface area contributed by atoms with E-state index in [-0.39, 0.29) is 0 Å². The topological polar surface area (TPSA) is 63.3 Å². The van der Waals surface area contributed by atoms with Gasteiger partial charge in [-0.15, -0.1) is 0 Å². The molecule has 1 saturated heterocycles. The van der Waals surface area contributed by atoms with E-state index in [0.717, 1.165) is 37.7 Å². The Labute approximate surface area is 143 Å². The van der Waals surface area contributed by atoms with Crippen LogP contribution in [0.4, 0.5) is 0 Å². The lowest BCUT2D eigenvalue weighted by Crippen LogP contribution is -2.49. The molecule has 0 spiro atoms. The van der Waals surface area contributed by atoms with E-state index in [4.69, 9.17) is 4.99 Å². The molecule has 1 aliphatic heterocycles. The van der Waals surface area contributed by atoms with Gasteiger partial charge in [-0.1, -0.05) is 6.92 Å². The van der Waals surface area contributed by atoms with Gasteiger partial charge < -0.3 is 14.8 Å². The van der Waals surface area contributed by atoms with Gasteiger partial charge in [0.2, 0.25) is 0 Å². The van der Waals surface area contributed by atoms with E-state index in [1.54, 1.807) is 0 Å². The second kappa shape index (κ2) is 7.51. The normalized spacial score (nSPS) is 22.0. The first-order chi connectivity index (χ1) is 11.7. The molecule has 0 aromatic carbocycles. The number of piperidine rings is 1.